The standard InChI is InChI=1S/C17H16ClN3O3/c1-10(22)14-15(11-2-4-12(18)5-3-11)21(17(24)16(14)23)7-6-13-8-19-9-20-13/h2-5,8-9,15,23H,6-7H2,1H3,(H,19,20). The molecule has 1 aliphatic rings. The first-order valence-corrected chi connectivity index (χ1v) is 7.84. The molecule has 1 unspecified atom stereocenters. The van der Waals surface area contributed by atoms with Crippen molar-refractivity contribution in [3.05, 3.63) is 64.4 Å². The van der Waals surface area contributed by atoms with Crippen LogP contribution >= 0.6 is 11.6 Å². The van der Waals surface area contributed by atoms with E-state index in [0.29, 0.717) is 18.0 Å². The normalized spacial score (nSPS) is 17.7. The molecule has 0 spiro atoms. The molecular weight excluding hydrogens is 330 g/mol. The highest BCUT2D eigenvalue weighted by atomic mass is 35.5. The highest BCUT2D eigenvalue weighted by Crippen LogP contribution is 2.37. The molecule has 1 aromatic heterocycles. The first-order valence-electron chi connectivity index (χ1n) is 7.46. The van der Waals surface area contributed by atoms with Crippen molar-refractivity contribution in [2.24, 2.45) is 0 Å². The SMILES string of the molecule is CC(=O)C1=C(O)C(=O)N(CCc2cnc[nH]2)C1c1ccc(Cl)cc1. The predicted molar refractivity (Wildman–Crippen MR) is 88.5 cm³/mol. The van der Waals surface area contributed by atoms with E-state index in [2.05, 4.69) is 9.97 Å². The van der Waals surface area contributed by atoms with Gasteiger partial charge in [-0.25, -0.2) is 4.98 Å². The lowest BCUT2D eigenvalue weighted by Crippen LogP contribution is -2.33. The Labute approximate surface area is 143 Å². The van der Waals surface area contributed by atoms with Gasteiger partial charge in [-0.1, -0.05) is 23.7 Å². The van der Waals surface area contributed by atoms with Crippen LogP contribution in [0, 0.1) is 0 Å². The second-order valence-electron chi connectivity index (χ2n) is 5.60. The van der Waals surface area contributed by atoms with Gasteiger partial charge in [0.05, 0.1) is 17.9 Å². The zero-order valence-corrected chi connectivity index (χ0v) is 13.7. The number of aliphatic hydroxyl groups is 1. The van der Waals surface area contributed by atoms with Gasteiger partial charge >= 0.3 is 0 Å². The van der Waals surface area contributed by atoms with Crippen LogP contribution in [0.25, 0.3) is 0 Å². The number of nitrogens with one attached hydrogen (secondary N) is 1. The van der Waals surface area contributed by atoms with E-state index in [9.17, 15) is 14.7 Å². The summed E-state index contributed by atoms with van der Waals surface area (Å²) >= 11 is 5.92. The van der Waals surface area contributed by atoms with Gasteiger partial charge in [-0.15, -0.1) is 0 Å². The Hall–Kier alpha value is -2.60. The van der Waals surface area contributed by atoms with E-state index in [1.54, 1.807) is 36.8 Å². The molecule has 1 atom stereocenters. The van der Waals surface area contributed by atoms with Crippen molar-refractivity contribution in [2.75, 3.05) is 6.54 Å². The maximum Gasteiger partial charge on any atom is 0.290 e. The highest BCUT2D eigenvalue weighted by Gasteiger charge is 2.42. The van der Waals surface area contributed by atoms with Gasteiger partial charge in [-0.3, -0.25) is 9.59 Å². The summed E-state index contributed by atoms with van der Waals surface area (Å²) in [7, 11) is 0. The zero-order valence-electron chi connectivity index (χ0n) is 13.0. The number of carbonyl (C=O) groups excluding carboxylic acids is 2. The number of hydrogen-bond donors (Lipinski definition) is 2. The third-order valence-electron chi connectivity index (χ3n) is 4.05. The first kappa shape index (κ1) is 16.3. The van der Waals surface area contributed by atoms with Crippen molar-refractivity contribution < 1.29 is 14.7 Å². The molecular formula is C17H16ClN3O3. The van der Waals surface area contributed by atoms with E-state index >= 15 is 0 Å². The van der Waals surface area contributed by atoms with Gasteiger partial charge in [0.25, 0.3) is 5.91 Å². The molecule has 7 heteroatoms. The zero-order chi connectivity index (χ0) is 17.3. The molecule has 24 heavy (non-hydrogen) atoms. The van der Waals surface area contributed by atoms with Crippen molar-refractivity contribution in [2.45, 2.75) is 19.4 Å². The van der Waals surface area contributed by atoms with E-state index < -0.39 is 17.7 Å². The van der Waals surface area contributed by atoms with Crippen LogP contribution in [0.15, 0.2) is 48.1 Å². The molecule has 1 aromatic carbocycles. The minimum Gasteiger partial charge on any atom is -0.503 e. The van der Waals surface area contributed by atoms with Crippen LogP contribution in [0.4, 0.5) is 0 Å². The summed E-state index contributed by atoms with van der Waals surface area (Å²) in [4.78, 5) is 32.9. The Kier molecular flexibility index (Phi) is 4.40. The Morgan fingerprint density at radius 1 is 1.38 bits per heavy atom. The molecule has 1 amide bonds. The summed E-state index contributed by atoms with van der Waals surface area (Å²) in [6.07, 6.45) is 3.78. The molecule has 1 aliphatic heterocycles. The number of carbonyl (C=O) groups is 2. The van der Waals surface area contributed by atoms with E-state index in [4.69, 9.17) is 11.6 Å². The number of hydrogen-bond acceptors (Lipinski definition) is 4. The van der Waals surface area contributed by atoms with Gasteiger partial charge in [-0.05, 0) is 24.6 Å². The topological polar surface area (TPSA) is 86.3 Å². The van der Waals surface area contributed by atoms with Crippen LogP contribution in [0.1, 0.15) is 24.2 Å². The van der Waals surface area contributed by atoms with Crippen molar-refractivity contribution >= 4 is 23.3 Å². The Morgan fingerprint density at radius 2 is 2.08 bits per heavy atom. The number of benzene rings is 1. The van der Waals surface area contributed by atoms with Gasteiger partial charge < -0.3 is 15.0 Å². The number of nitrogens with zero attached hydrogens (tertiary/aromatic N) is 2. The summed E-state index contributed by atoms with van der Waals surface area (Å²) < 4.78 is 0. The van der Waals surface area contributed by atoms with Gasteiger partial charge in [0.1, 0.15) is 0 Å². The molecule has 0 radical (unpaired) electrons. The van der Waals surface area contributed by atoms with Gasteiger partial charge in [-0.2, -0.15) is 0 Å². The molecule has 2 N–H and O–H groups in total. The fourth-order valence-electron chi connectivity index (χ4n) is 2.90. The Balaban J connectivity index is 1.95. The fraction of sp³-hybridized carbons (Fsp3) is 0.235. The number of aromatic nitrogens is 2. The van der Waals surface area contributed by atoms with Crippen LogP contribution in [0.5, 0.6) is 0 Å². The van der Waals surface area contributed by atoms with Crippen LogP contribution in [0.2, 0.25) is 5.02 Å². The number of amides is 1. The maximum atomic E-state index is 12.4. The van der Waals surface area contributed by atoms with Gasteiger partial charge in [0.15, 0.2) is 11.5 Å². The minimum absolute atomic E-state index is 0.118. The number of imidazole rings is 1. The lowest BCUT2D eigenvalue weighted by molar-refractivity contribution is -0.129. The number of halogens is 1. The van der Waals surface area contributed by atoms with Crippen molar-refractivity contribution in [3.63, 3.8) is 0 Å². The number of rotatable bonds is 5. The third kappa shape index (κ3) is 2.92. The molecule has 2 aromatic rings. The molecule has 0 aliphatic carbocycles. The lowest BCUT2D eigenvalue weighted by atomic mass is 9.96. The number of H-pyrrole nitrogens is 1. The molecule has 0 saturated heterocycles. The maximum absolute atomic E-state index is 12.4. The molecule has 6 nitrogen and oxygen atoms in total. The Bertz CT molecular complexity index is 797. The van der Waals surface area contributed by atoms with Crippen LogP contribution in [0.3, 0.4) is 0 Å². The van der Waals surface area contributed by atoms with Crippen molar-refractivity contribution in [1.82, 2.24) is 14.9 Å². The van der Waals surface area contributed by atoms with Crippen molar-refractivity contribution in [1.29, 1.82) is 0 Å². The number of Topliss-reactive ketones (excluding diaryl/α,β-unsaturated/α-hetero) is 1. The lowest BCUT2D eigenvalue weighted by Gasteiger charge is -2.26. The van der Waals surface area contributed by atoms with Crippen LogP contribution in [-0.4, -0.2) is 38.2 Å². The summed E-state index contributed by atoms with van der Waals surface area (Å²) in [6, 6.07) is 6.29. The number of ketones is 1. The van der Waals surface area contributed by atoms with Crippen LogP contribution < -0.4 is 0 Å². The quantitative estimate of drug-likeness (QED) is 0.872. The molecule has 2 heterocycles. The first-order chi connectivity index (χ1) is 11.5. The smallest absolute Gasteiger partial charge is 0.290 e. The summed E-state index contributed by atoms with van der Waals surface area (Å²) in [5.74, 6) is -1.35. The minimum atomic E-state index is -0.616. The van der Waals surface area contributed by atoms with Gasteiger partial charge in [0.2, 0.25) is 0 Å². The summed E-state index contributed by atoms with van der Waals surface area (Å²) in [6.45, 7) is 1.69. The Morgan fingerprint density at radius 3 is 2.67 bits per heavy atom. The molecule has 0 bridgehead atoms. The number of aromatic amines is 1. The summed E-state index contributed by atoms with van der Waals surface area (Å²) in [5, 5.41) is 10.7. The summed E-state index contributed by atoms with van der Waals surface area (Å²) in [5.41, 5.74) is 1.71. The third-order valence-corrected chi connectivity index (χ3v) is 4.30. The predicted octanol–water partition coefficient (Wildman–Crippen LogP) is 2.59. The number of aliphatic hydroxyl groups excluding tert-OH is 1. The van der Waals surface area contributed by atoms with Crippen LogP contribution in [-0.2, 0) is 16.0 Å². The average Bonchev–Trinajstić information content (AvgIpc) is 3.14. The highest BCUT2D eigenvalue weighted by molar-refractivity contribution is 6.30. The van der Waals surface area contributed by atoms with E-state index in [1.807, 2.05) is 0 Å². The van der Waals surface area contributed by atoms with E-state index in [1.165, 1.54) is 11.8 Å². The fourth-order valence-corrected chi connectivity index (χ4v) is 3.02. The van der Waals surface area contributed by atoms with Gasteiger partial charge in [0, 0.05) is 29.9 Å². The monoisotopic (exact) mass is 345 g/mol. The molecule has 0 fully saturated rings. The van der Waals surface area contributed by atoms with E-state index in [0.717, 1.165) is 11.3 Å². The van der Waals surface area contributed by atoms with Crippen molar-refractivity contribution in [3.8, 4) is 0 Å². The second kappa shape index (κ2) is 6.49. The average molecular weight is 346 g/mol. The molecule has 3 rings (SSSR count). The van der Waals surface area contributed by atoms with E-state index in [-0.39, 0.29) is 11.4 Å². The molecule has 0 saturated carbocycles. The molecule has 124 valence electrons. The second-order valence-corrected chi connectivity index (χ2v) is 6.03. The largest absolute Gasteiger partial charge is 0.503 e.